The van der Waals surface area contributed by atoms with Crippen LogP contribution in [0.3, 0.4) is 0 Å². The summed E-state index contributed by atoms with van der Waals surface area (Å²) in [5.41, 5.74) is 5.25. The van der Waals surface area contributed by atoms with E-state index in [1.165, 1.54) is 6.07 Å². The molecule has 0 aliphatic carbocycles. The highest BCUT2D eigenvalue weighted by molar-refractivity contribution is 5.76. The van der Waals surface area contributed by atoms with Gasteiger partial charge in [0.1, 0.15) is 0 Å². The van der Waals surface area contributed by atoms with E-state index < -0.39 is 11.7 Å². The zero-order valence-corrected chi connectivity index (χ0v) is 11.0. The predicted octanol–water partition coefficient (Wildman–Crippen LogP) is 2.40. The Morgan fingerprint density at radius 3 is 2.80 bits per heavy atom. The first-order valence-electron chi connectivity index (χ1n) is 6.54. The SMILES string of the molecule is NC(=O)[C@@H]1CCCN(Cc2cccc(C(F)(F)F)c2)C1. The molecule has 0 spiro atoms. The van der Waals surface area contributed by atoms with E-state index in [0.29, 0.717) is 18.7 Å². The van der Waals surface area contributed by atoms with Gasteiger partial charge >= 0.3 is 6.18 Å². The number of hydrogen-bond donors (Lipinski definition) is 1. The van der Waals surface area contributed by atoms with Crippen molar-refractivity contribution in [2.24, 2.45) is 11.7 Å². The van der Waals surface area contributed by atoms with Crippen molar-refractivity contribution in [1.82, 2.24) is 4.90 Å². The van der Waals surface area contributed by atoms with Crippen LogP contribution in [0.2, 0.25) is 0 Å². The third kappa shape index (κ3) is 3.72. The number of nitrogens with zero attached hydrogens (tertiary/aromatic N) is 1. The molecule has 20 heavy (non-hydrogen) atoms. The van der Waals surface area contributed by atoms with Crippen LogP contribution in [-0.2, 0) is 17.5 Å². The molecule has 0 bridgehead atoms. The van der Waals surface area contributed by atoms with Crippen molar-refractivity contribution in [2.45, 2.75) is 25.6 Å². The van der Waals surface area contributed by atoms with Gasteiger partial charge in [0.25, 0.3) is 0 Å². The third-order valence-electron chi connectivity index (χ3n) is 3.57. The maximum absolute atomic E-state index is 12.6. The van der Waals surface area contributed by atoms with Gasteiger partial charge in [-0.15, -0.1) is 0 Å². The van der Waals surface area contributed by atoms with Crippen LogP contribution in [-0.4, -0.2) is 23.9 Å². The second-order valence-corrected chi connectivity index (χ2v) is 5.17. The van der Waals surface area contributed by atoms with Gasteiger partial charge in [-0.25, -0.2) is 0 Å². The molecule has 1 aromatic rings. The summed E-state index contributed by atoms with van der Waals surface area (Å²) in [6, 6.07) is 5.30. The highest BCUT2D eigenvalue weighted by Gasteiger charge is 2.30. The molecule has 1 aliphatic heterocycles. The van der Waals surface area contributed by atoms with Crippen LogP contribution < -0.4 is 5.73 Å². The number of benzene rings is 1. The number of rotatable bonds is 3. The number of nitrogens with two attached hydrogens (primary N) is 1. The summed E-state index contributed by atoms with van der Waals surface area (Å²) < 4.78 is 37.9. The van der Waals surface area contributed by atoms with Gasteiger partial charge < -0.3 is 5.73 Å². The molecule has 6 heteroatoms. The molecule has 1 aromatic carbocycles. The van der Waals surface area contributed by atoms with Gasteiger partial charge in [-0.05, 0) is 31.0 Å². The monoisotopic (exact) mass is 286 g/mol. The van der Waals surface area contributed by atoms with E-state index in [1.54, 1.807) is 6.07 Å². The molecule has 0 radical (unpaired) electrons. The topological polar surface area (TPSA) is 46.3 Å². The lowest BCUT2D eigenvalue weighted by Crippen LogP contribution is -2.40. The molecule has 1 heterocycles. The first-order valence-corrected chi connectivity index (χ1v) is 6.54. The normalized spacial score (nSPS) is 20.9. The summed E-state index contributed by atoms with van der Waals surface area (Å²) in [6.45, 7) is 1.71. The van der Waals surface area contributed by atoms with Gasteiger partial charge in [0.2, 0.25) is 5.91 Å². The molecule has 1 atom stereocenters. The van der Waals surface area contributed by atoms with E-state index in [9.17, 15) is 18.0 Å². The Hall–Kier alpha value is -1.56. The van der Waals surface area contributed by atoms with Gasteiger partial charge in [-0.3, -0.25) is 9.69 Å². The minimum absolute atomic E-state index is 0.199. The van der Waals surface area contributed by atoms with Gasteiger partial charge in [-0.2, -0.15) is 13.2 Å². The van der Waals surface area contributed by atoms with Gasteiger partial charge in [0.05, 0.1) is 11.5 Å². The average Bonchev–Trinajstić information content (AvgIpc) is 2.38. The van der Waals surface area contributed by atoms with Crippen molar-refractivity contribution in [1.29, 1.82) is 0 Å². The fraction of sp³-hybridized carbons (Fsp3) is 0.500. The Balaban J connectivity index is 2.04. The quantitative estimate of drug-likeness (QED) is 0.927. The molecule has 1 saturated heterocycles. The predicted molar refractivity (Wildman–Crippen MR) is 68.6 cm³/mol. The van der Waals surface area contributed by atoms with E-state index in [0.717, 1.165) is 31.5 Å². The van der Waals surface area contributed by atoms with E-state index >= 15 is 0 Å². The molecule has 110 valence electrons. The number of piperidine rings is 1. The number of carbonyl (C=O) groups is 1. The Morgan fingerprint density at radius 2 is 2.15 bits per heavy atom. The summed E-state index contributed by atoms with van der Waals surface area (Å²) in [7, 11) is 0. The minimum Gasteiger partial charge on any atom is -0.369 e. The van der Waals surface area contributed by atoms with Crippen molar-refractivity contribution >= 4 is 5.91 Å². The standard InChI is InChI=1S/C14H17F3N2O/c15-14(16,17)12-5-1-3-10(7-12)8-19-6-2-4-11(9-19)13(18)20/h1,3,5,7,11H,2,4,6,8-9H2,(H2,18,20)/t11-/m1/s1. The maximum Gasteiger partial charge on any atom is 0.416 e. The Labute approximate surface area is 115 Å². The van der Waals surface area contributed by atoms with Crippen molar-refractivity contribution < 1.29 is 18.0 Å². The molecule has 0 aromatic heterocycles. The summed E-state index contributed by atoms with van der Waals surface area (Å²) in [5, 5.41) is 0. The number of carbonyl (C=O) groups excluding carboxylic acids is 1. The number of primary amides is 1. The average molecular weight is 286 g/mol. The fourth-order valence-corrected chi connectivity index (χ4v) is 2.54. The van der Waals surface area contributed by atoms with Crippen LogP contribution in [0.1, 0.15) is 24.0 Å². The molecule has 1 amide bonds. The Kier molecular flexibility index (Phi) is 4.32. The third-order valence-corrected chi connectivity index (χ3v) is 3.57. The smallest absolute Gasteiger partial charge is 0.369 e. The van der Waals surface area contributed by atoms with E-state index in [4.69, 9.17) is 5.73 Å². The number of likely N-dealkylation sites (tertiary alicyclic amines) is 1. The first kappa shape index (κ1) is 14.8. The number of alkyl halides is 3. The van der Waals surface area contributed by atoms with Crippen LogP contribution >= 0.6 is 0 Å². The van der Waals surface area contributed by atoms with E-state index in [-0.39, 0.29) is 11.8 Å². The molecule has 1 fully saturated rings. The maximum atomic E-state index is 12.6. The van der Waals surface area contributed by atoms with Crippen LogP contribution in [0.4, 0.5) is 13.2 Å². The van der Waals surface area contributed by atoms with Crippen molar-refractivity contribution in [3.8, 4) is 0 Å². The van der Waals surface area contributed by atoms with Crippen LogP contribution in [0.25, 0.3) is 0 Å². The molecule has 0 saturated carbocycles. The second-order valence-electron chi connectivity index (χ2n) is 5.17. The zero-order valence-electron chi connectivity index (χ0n) is 11.0. The lowest BCUT2D eigenvalue weighted by Gasteiger charge is -2.31. The zero-order chi connectivity index (χ0) is 14.8. The minimum atomic E-state index is -4.33. The lowest BCUT2D eigenvalue weighted by atomic mass is 9.97. The van der Waals surface area contributed by atoms with Crippen LogP contribution in [0.15, 0.2) is 24.3 Å². The summed E-state index contributed by atoms with van der Waals surface area (Å²) >= 11 is 0. The summed E-state index contributed by atoms with van der Waals surface area (Å²) in [5.74, 6) is -0.534. The highest BCUT2D eigenvalue weighted by atomic mass is 19.4. The first-order chi connectivity index (χ1) is 9.36. The molecule has 3 nitrogen and oxygen atoms in total. The molecular formula is C14H17F3N2O. The van der Waals surface area contributed by atoms with E-state index in [1.807, 2.05) is 4.90 Å². The van der Waals surface area contributed by atoms with Gasteiger partial charge in [-0.1, -0.05) is 18.2 Å². The molecule has 2 N–H and O–H groups in total. The van der Waals surface area contributed by atoms with Crippen molar-refractivity contribution in [3.05, 3.63) is 35.4 Å². The Morgan fingerprint density at radius 1 is 1.40 bits per heavy atom. The molecular weight excluding hydrogens is 269 g/mol. The van der Waals surface area contributed by atoms with Crippen LogP contribution in [0, 0.1) is 5.92 Å². The van der Waals surface area contributed by atoms with Crippen LogP contribution in [0.5, 0.6) is 0 Å². The fourth-order valence-electron chi connectivity index (χ4n) is 2.54. The van der Waals surface area contributed by atoms with Crippen molar-refractivity contribution in [2.75, 3.05) is 13.1 Å². The molecule has 1 aliphatic rings. The van der Waals surface area contributed by atoms with Gasteiger partial charge in [0, 0.05) is 13.1 Å². The Bertz CT molecular complexity index is 488. The lowest BCUT2D eigenvalue weighted by molar-refractivity contribution is -0.137. The van der Waals surface area contributed by atoms with E-state index in [2.05, 4.69) is 0 Å². The van der Waals surface area contributed by atoms with Gasteiger partial charge in [0.15, 0.2) is 0 Å². The number of halogens is 3. The molecule has 2 rings (SSSR count). The molecule has 0 unspecified atom stereocenters. The number of amides is 1. The largest absolute Gasteiger partial charge is 0.416 e. The second kappa shape index (κ2) is 5.83. The van der Waals surface area contributed by atoms with Crippen molar-refractivity contribution in [3.63, 3.8) is 0 Å². The number of hydrogen-bond acceptors (Lipinski definition) is 2. The highest BCUT2D eigenvalue weighted by Crippen LogP contribution is 2.30. The summed E-state index contributed by atoms with van der Waals surface area (Å²) in [4.78, 5) is 13.2. The summed E-state index contributed by atoms with van der Waals surface area (Å²) in [6.07, 6.45) is -2.73.